The molecular weight excluding hydrogens is 447 g/mol. The topological polar surface area (TPSA) is 54.0 Å². The molecule has 0 radical (unpaired) electrons. The molecule has 5 nitrogen and oxygen atoms in total. The number of rotatable bonds is 11. The number of hydrogen-bond donors (Lipinski definition) is 0. The fourth-order valence-electron chi connectivity index (χ4n) is 4.21. The summed E-state index contributed by atoms with van der Waals surface area (Å²) in [6, 6.07) is 12.5. The summed E-state index contributed by atoms with van der Waals surface area (Å²) in [7, 11) is 0. The third-order valence-corrected chi connectivity index (χ3v) is 6.20. The van der Waals surface area contributed by atoms with Crippen LogP contribution in [0.5, 0.6) is 11.5 Å². The van der Waals surface area contributed by atoms with Crippen molar-refractivity contribution < 1.29 is 28.1 Å². The second-order valence-electron chi connectivity index (χ2n) is 8.96. The molecule has 0 aromatic heterocycles. The summed E-state index contributed by atoms with van der Waals surface area (Å²) in [6.45, 7) is 12.4. The van der Waals surface area contributed by atoms with Gasteiger partial charge in [0.15, 0.2) is 11.6 Å². The van der Waals surface area contributed by atoms with Crippen molar-refractivity contribution in [1.82, 2.24) is 0 Å². The van der Waals surface area contributed by atoms with E-state index >= 15 is 0 Å². The molecule has 2 aliphatic rings. The van der Waals surface area contributed by atoms with Crippen LogP contribution in [0, 0.1) is 5.82 Å². The molecule has 2 aliphatic heterocycles. The first kappa shape index (κ1) is 24.6. The van der Waals surface area contributed by atoms with Gasteiger partial charge in [-0.1, -0.05) is 37.9 Å². The van der Waals surface area contributed by atoms with Crippen LogP contribution >= 0.6 is 0 Å². The second kappa shape index (κ2) is 11.3. The molecule has 0 amide bonds. The number of cyclic esters (lactones) is 1. The summed E-state index contributed by atoms with van der Waals surface area (Å²) in [5.41, 5.74) is 3.13. The number of benzene rings is 2. The molecule has 2 heterocycles. The molecule has 35 heavy (non-hydrogen) atoms. The van der Waals surface area contributed by atoms with Crippen molar-refractivity contribution in [3.8, 4) is 22.6 Å². The predicted molar refractivity (Wildman–Crippen MR) is 133 cm³/mol. The SMILES string of the molecule is C=C1CC(CCCOc2ccc(-c3ccc(OCCCC4CC(=C)C(=O)O4)cc3)cc2F)OC1=C. The Balaban J connectivity index is 1.20. The van der Waals surface area contributed by atoms with E-state index in [-0.39, 0.29) is 23.9 Å². The molecule has 2 saturated heterocycles. The van der Waals surface area contributed by atoms with Crippen LogP contribution in [-0.2, 0) is 14.3 Å². The Kier molecular flexibility index (Phi) is 7.91. The quantitative estimate of drug-likeness (QED) is 0.208. The fraction of sp³-hybridized carbons (Fsp3) is 0.345. The Bertz CT molecular complexity index is 1070. The first-order valence-corrected chi connectivity index (χ1v) is 12.0. The molecule has 0 saturated carbocycles. The number of allylic oxidation sites excluding steroid dienone is 1. The summed E-state index contributed by atoms with van der Waals surface area (Å²) in [6.07, 6.45) is 4.48. The number of halogens is 1. The van der Waals surface area contributed by atoms with Crippen LogP contribution in [0.15, 0.2) is 79.1 Å². The van der Waals surface area contributed by atoms with Gasteiger partial charge in [0.25, 0.3) is 0 Å². The third kappa shape index (κ3) is 6.53. The molecule has 2 aromatic carbocycles. The lowest BCUT2D eigenvalue weighted by Crippen LogP contribution is -2.09. The summed E-state index contributed by atoms with van der Waals surface area (Å²) in [5.74, 6) is 0.955. The fourth-order valence-corrected chi connectivity index (χ4v) is 4.21. The van der Waals surface area contributed by atoms with Gasteiger partial charge < -0.3 is 18.9 Å². The molecule has 2 unspecified atom stereocenters. The van der Waals surface area contributed by atoms with Gasteiger partial charge in [0.1, 0.15) is 23.7 Å². The first-order chi connectivity index (χ1) is 16.9. The van der Waals surface area contributed by atoms with Crippen LogP contribution in [0.2, 0.25) is 0 Å². The monoisotopic (exact) mass is 478 g/mol. The zero-order valence-electron chi connectivity index (χ0n) is 19.9. The van der Waals surface area contributed by atoms with Gasteiger partial charge in [-0.2, -0.15) is 0 Å². The van der Waals surface area contributed by atoms with E-state index in [9.17, 15) is 9.18 Å². The van der Waals surface area contributed by atoms with Gasteiger partial charge >= 0.3 is 5.97 Å². The molecular formula is C29H31FO5. The standard InChI is InChI=1S/C29H31FO5/c1-19-16-25(34-21(19)3)6-5-15-33-28-13-10-23(18-27(28)30)22-8-11-24(12-9-22)32-14-4-7-26-17-20(2)29(31)35-26/h8-13,18,25-26H,1-7,14-17H2. The lowest BCUT2D eigenvalue weighted by molar-refractivity contribution is -0.139. The molecule has 6 heteroatoms. The summed E-state index contributed by atoms with van der Waals surface area (Å²) < 4.78 is 36.9. The zero-order valence-corrected chi connectivity index (χ0v) is 19.9. The highest BCUT2D eigenvalue weighted by Crippen LogP contribution is 2.30. The van der Waals surface area contributed by atoms with Crippen LogP contribution in [0.3, 0.4) is 0 Å². The van der Waals surface area contributed by atoms with E-state index in [0.29, 0.717) is 31.0 Å². The minimum atomic E-state index is -0.392. The Morgan fingerprint density at radius 1 is 0.829 bits per heavy atom. The van der Waals surface area contributed by atoms with Gasteiger partial charge in [-0.05, 0) is 66.6 Å². The maximum Gasteiger partial charge on any atom is 0.333 e. The Morgan fingerprint density at radius 3 is 2.06 bits per heavy atom. The van der Waals surface area contributed by atoms with E-state index < -0.39 is 5.82 Å². The minimum Gasteiger partial charge on any atom is -0.494 e. The van der Waals surface area contributed by atoms with Crippen molar-refractivity contribution >= 4 is 5.97 Å². The van der Waals surface area contributed by atoms with Gasteiger partial charge in [-0.25, -0.2) is 9.18 Å². The number of esters is 1. The Labute approximate surface area is 205 Å². The van der Waals surface area contributed by atoms with Crippen molar-refractivity contribution in [3.05, 3.63) is 84.9 Å². The lowest BCUT2D eigenvalue weighted by Gasteiger charge is -2.12. The van der Waals surface area contributed by atoms with Crippen molar-refractivity contribution in [2.45, 2.75) is 50.7 Å². The molecule has 4 rings (SSSR count). The Morgan fingerprint density at radius 2 is 1.46 bits per heavy atom. The van der Waals surface area contributed by atoms with Gasteiger partial charge in [0.2, 0.25) is 0 Å². The maximum absolute atomic E-state index is 14.6. The van der Waals surface area contributed by atoms with Crippen molar-refractivity contribution in [3.63, 3.8) is 0 Å². The highest BCUT2D eigenvalue weighted by atomic mass is 19.1. The average molecular weight is 479 g/mol. The average Bonchev–Trinajstić information content (AvgIpc) is 3.34. The van der Waals surface area contributed by atoms with E-state index in [4.69, 9.17) is 18.9 Å². The summed E-state index contributed by atoms with van der Waals surface area (Å²) >= 11 is 0. The van der Waals surface area contributed by atoms with E-state index in [1.807, 2.05) is 30.3 Å². The van der Waals surface area contributed by atoms with Crippen molar-refractivity contribution in [1.29, 1.82) is 0 Å². The molecule has 0 N–H and O–H groups in total. The van der Waals surface area contributed by atoms with Crippen LogP contribution in [-0.4, -0.2) is 31.4 Å². The first-order valence-electron chi connectivity index (χ1n) is 12.0. The molecule has 0 bridgehead atoms. The van der Waals surface area contributed by atoms with E-state index in [0.717, 1.165) is 54.6 Å². The Hall–Kier alpha value is -3.54. The molecule has 2 fully saturated rings. The lowest BCUT2D eigenvalue weighted by atomic mass is 10.1. The molecule has 0 spiro atoms. The van der Waals surface area contributed by atoms with Gasteiger partial charge in [-0.3, -0.25) is 0 Å². The number of carbonyl (C=O) groups excluding carboxylic acids is 1. The second-order valence-corrected chi connectivity index (χ2v) is 8.96. The van der Waals surface area contributed by atoms with E-state index in [1.165, 1.54) is 6.07 Å². The van der Waals surface area contributed by atoms with Crippen LogP contribution < -0.4 is 9.47 Å². The number of ether oxygens (including phenoxy) is 4. The third-order valence-electron chi connectivity index (χ3n) is 6.20. The summed E-state index contributed by atoms with van der Waals surface area (Å²) in [4.78, 5) is 11.4. The van der Waals surface area contributed by atoms with Crippen LogP contribution in [0.4, 0.5) is 4.39 Å². The van der Waals surface area contributed by atoms with Crippen LogP contribution in [0.25, 0.3) is 11.1 Å². The minimum absolute atomic E-state index is 0.0882. The van der Waals surface area contributed by atoms with Gasteiger partial charge in [0, 0.05) is 18.4 Å². The van der Waals surface area contributed by atoms with Crippen molar-refractivity contribution in [2.24, 2.45) is 0 Å². The molecule has 184 valence electrons. The predicted octanol–water partition coefficient (Wildman–Crippen LogP) is 6.54. The normalized spacial score (nSPS) is 19.6. The summed E-state index contributed by atoms with van der Waals surface area (Å²) in [5, 5.41) is 0. The van der Waals surface area contributed by atoms with Crippen LogP contribution in [0.1, 0.15) is 38.5 Å². The number of carbonyl (C=O) groups is 1. The largest absolute Gasteiger partial charge is 0.494 e. The molecule has 0 aliphatic carbocycles. The van der Waals surface area contributed by atoms with E-state index in [1.54, 1.807) is 6.07 Å². The number of hydrogen-bond acceptors (Lipinski definition) is 5. The van der Waals surface area contributed by atoms with Gasteiger partial charge in [-0.15, -0.1) is 0 Å². The van der Waals surface area contributed by atoms with Gasteiger partial charge in [0.05, 0.1) is 13.2 Å². The molecule has 2 atom stereocenters. The van der Waals surface area contributed by atoms with E-state index in [2.05, 4.69) is 19.7 Å². The highest BCUT2D eigenvalue weighted by Gasteiger charge is 2.26. The highest BCUT2D eigenvalue weighted by molar-refractivity contribution is 5.89. The smallest absolute Gasteiger partial charge is 0.333 e. The molecule has 2 aromatic rings. The van der Waals surface area contributed by atoms with Crippen molar-refractivity contribution in [2.75, 3.05) is 13.2 Å². The maximum atomic E-state index is 14.6. The zero-order chi connectivity index (χ0) is 24.8.